The van der Waals surface area contributed by atoms with Crippen LogP contribution in [0.1, 0.15) is 29.2 Å². The molecule has 0 radical (unpaired) electrons. The molecule has 176 valence electrons. The third-order valence-corrected chi connectivity index (χ3v) is 6.57. The molecule has 0 spiro atoms. The predicted octanol–water partition coefficient (Wildman–Crippen LogP) is 2.04. The van der Waals surface area contributed by atoms with Crippen molar-refractivity contribution in [3.8, 4) is 11.5 Å². The molecule has 3 heterocycles. The SMILES string of the molecule is CN(C(=O)Cc1ccc2c(c1)NC(=O)C2)[C@H](CN1CC[C@H](O)C1)c1cccc(-c2nnco2)c1. The highest BCUT2D eigenvalue weighted by atomic mass is 16.4. The Hall–Kier alpha value is -3.56. The Kier molecular flexibility index (Phi) is 6.12. The number of fused-ring (bicyclic) bond motifs is 1. The van der Waals surface area contributed by atoms with Crippen LogP contribution in [0.25, 0.3) is 11.5 Å². The predicted molar refractivity (Wildman–Crippen MR) is 125 cm³/mol. The first kappa shape index (κ1) is 22.2. The van der Waals surface area contributed by atoms with Crippen LogP contribution in [0, 0.1) is 0 Å². The fraction of sp³-hybridized carbons (Fsp3) is 0.360. The maximum absolute atomic E-state index is 13.4. The van der Waals surface area contributed by atoms with Gasteiger partial charge in [0.05, 0.1) is 25.0 Å². The first-order valence-corrected chi connectivity index (χ1v) is 11.4. The number of rotatable bonds is 7. The third-order valence-electron chi connectivity index (χ3n) is 6.57. The topological polar surface area (TPSA) is 112 Å². The van der Waals surface area contributed by atoms with Crippen molar-refractivity contribution in [2.75, 3.05) is 32.0 Å². The van der Waals surface area contributed by atoms with Crippen molar-refractivity contribution >= 4 is 17.5 Å². The monoisotopic (exact) mass is 461 g/mol. The number of carbonyl (C=O) groups excluding carboxylic acids is 2. The molecule has 2 aliphatic heterocycles. The standard InChI is InChI=1S/C25H27N5O4/c1-29(24(33)10-16-5-6-17-12-23(32)27-21(17)9-16)22(14-30-8-7-20(31)13-30)18-3-2-4-19(11-18)25-28-26-15-34-25/h2-6,9,11,15,20,22,31H,7-8,10,12-14H2,1H3,(H,27,32)/t20-,22+/m0/s1. The molecule has 9 heteroatoms. The van der Waals surface area contributed by atoms with Gasteiger partial charge in [0.2, 0.25) is 24.1 Å². The summed E-state index contributed by atoms with van der Waals surface area (Å²) in [5.41, 5.74) is 4.34. The summed E-state index contributed by atoms with van der Waals surface area (Å²) in [5.74, 6) is 0.369. The lowest BCUT2D eigenvalue weighted by Gasteiger charge is -2.32. The van der Waals surface area contributed by atoms with E-state index in [2.05, 4.69) is 20.4 Å². The van der Waals surface area contributed by atoms with Gasteiger partial charge in [0.1, 0.15) is 0 Å². The highest BCUT2D eigenvalue weighted by molar-refractivity contribution is 5.99. The zero-order valence-corrected chi connectivity index (χ0v) is 19.0. The Bertz CT molecular complexity index is 1200. The Labute approximate surface area is 197 Å². The summed E-state index contributed by atoms with van der Waals surface area (Å²) in [7, 11) is 1.81. The normalized spacial score (nSPS) is 18.5. The molecule has 34 heavy (non-hydrogen) atoms. The van der Waals surface area contributed by atoms with E-state index >= 15 is 0 Å². The molecule has 0 bridgehead atoms. The lowest BCUT2D eigenvalue weighted by atomic mass is 10.0. The smallest absolute Gasteiger partial charge is 0.247 e. The van der Waals surface area contributed by atoms with Gasteiger partial charge >= 0.3 is 0 Å². The van der Waals surface area contributed by atoms with Crippen molar-refractivity contribution in [2.24, 2.45) is 0 Å². The first-order chi connectivity index (χ1) is 16.5. The van der Waals surface area contributed by atoms with Crippen LogP contribution in [0.15, 0.2) is 53.3 Å². The third kappa shape index (κ3) is 4.71. The molecule has 0 saturated carbocycles. The number of carbonyl (C=O) groups is 2. The molecule has 9 nitrogen and oxygen atoms in total. The van der Waals surface area contributed by atoms with Crippen molar-refractivity contribution in [3.63, 3.8) is 0 Å². The van der Waals surface area contributed by atoms with E-state index in [1.165, 1.54) is 6.39 Å². The van der Waals surface area contributed by atoms with Crippen LogP contribution in [0.3, 0.4) is 0 Å². The molecule has 0 aliphatic carbocycles. The van der Waals surface area contributed by atoms with E-state index in [9.17, 15) is 14.7 Å². The first-order valence-electron chi connectivity index (χ1n) is 11.4. The number of aromatic nitrogens is 2. The van der Waals surface area contributed by atoms with Crippen molar-refractivity contribution in [2.45, 2.75) is 31.4 Å². The molecule has 2 aliphatic rings. The van der Waals surface area contributed by atoms with Gasteiger partial charge in [0.15, 0.2) is 0 Å². The number of β-amino-alcohol motifs (C(OH)–C–C–N with tert-alkyl or cyclic N) is 1. The average Bonchev–Trinajstić information content (AvgIpc) is 3.57. The van der Waals surface area contributed by atoms with Crippen LogP contribution in [-0.4, -0.2) is 69.7 Å². The summed E-state index contributed by atoms with van der Waals surface area (Å²) in [5, 5.41) is 20.6. The summed E-state index contributed by atoms with van der Waals surface area (Å²) in [4.78, 5) is 29.0. The number of hydrogen-bond donors (Lipinski definition) is 2. The zero-order chi connectivity index (χ0) is 23.7. The molecule has 5 rings (SSSR count). The Balaban J connectivity index is 1.38. The fourth-order valence-corrected chi connectivity index (χ4v) is 4.70. The molecule has 2 atom stereocenters. The van der Waals surface area contributed by atoms with E-state index in [-0.39, 0.29) is 30.4 Å². The number of amides is 2. The number of likely N-dealkylation sites (tertiary alicyclic amines) is 1. The minimum atomic E-state index is -0.340. The summed E-state index contributed by atoms with van der Waals surface area (Å²) in [6, 6.07) is 13.3. The van der Waals surface area contributed by atoms with E-state index in [0.717, 1.165) is 40.9 Å². The molecule has 0 unspecified atom stereocenters. The number of aliphatic hydroxyl groups excluding tert-OH is 1. The molecular formula is C25H27N5O4. The lowest BCUT2D eigenvalue weighted by Crippen LogP contribution is -2.39. The van der Waals surface area contributed by atoms with Crippen LogP contribution in [0.2, 0.25) is 0 Å². The Morgan fingerprint density at radius 1 is 1.32 bits per heavy atom. The quantitative estimate of drug-likeness (QED) is 0.554. The Morgan fingerprint density at radius 2 is 2.21 bits per heavy atom. The summed E-state index contributed by atoms with van der Waals surface area (Å²) in [6.07, 6.45) is 2.28. The van der Waals surface area contributed by atoms with Gasteiger partial charge in [-0.2, -0.15) is 0 Å². The maximum Gasteiger partial charge on any atom is 0.247 e. The van der Waals surface area contributed by atoms with Crippen LogP contribution in [0.4, 0.5) is 5.69 Å². The highest BCUT2D eigenvalue weighted by Gasteiger charge is 2.29. The molecule has 2 amide bonds. The van der Waals surface area contributed by atoms with E-state index in [4.69, 9.17) is 4.42 Å². The van der Waals surface area contributed by atoms with Gasteiger partial charge < -0.3 is 19.7 Å². The van der Waals surface area contributed by atoms with Gasteiger partial charge in [0, 0.05) is 37.9 Å². The van der Waals surface area contributed by atoms with Gasteiger partial charge in [-0.3, -0.25) is 14.5 Å². The number of benzene rings is 2. The van der Waals surface area contributed by atoms with Gasteiger partial charge in [-0.25, -0.2) is 0 Å². The molecule has 1 aromatic heterocycles. The minimum Gasteiger partial charge on any atom is -0.423 e. The van der Waals surface area contributed by atoms with Gasteiger partial charge in [-0.05, 0) is 41.3 Å². The molecule has 3 aromatic rings. The van der Waals surface area contributed by atoms with E-state index in [1.54, 1.807) is 4.90 Å². The van der Waals surface area contributed by atoms with Crippen LogP contribution in [0.5, 0.6) is 0 Å². The van der Waals surface area contributed by atoms with E-state index < -0.39 is 0 Å². The molecule has 2 aromatic carbocycles. The van der Waals surface area contributed by atoms with Crippen LogP contribution < -0.4 is 5.32 Å². The summed E-state index contributed by atoms with van der Waals surface area (Å²) < 4.78 is 5.36. The second-order valence-corrected chi connectivity index (χ2v) is 8.99. The molecule has 2 N–H and O–H groups in total. The Morgan fingerprint density at radius 3 is 2.97 bits per heavy atom. The fourth-order valence-electron chi connectivity index (χ4n) is 4.70. The van der Waals surface area contributed by atoms with E-state index in [1.807, 2.05) is 49.5 Å². The van der Waals surface area contributed by atoms with Crippen LogP contribution in [-0.2, 0) is 22.4 Å². The molecule has 1 fully saturated rings. The van der Waals surface area contributed by atoms with Gasteiger partial charge in [-0.1, -0.05) is 24.3 Å². The van der Waals surface area contributed by atoms with Crippen molar-refractivity contribution in [1.82, 2.24) is 20.0 Å². The van der Waals surface area contributed by atoms with Gasteiger partial charge in [-0.15, -0.1) is 10.2 Å². The highest BCUT2D eigenvalue weighted by Crippen LogP contribution is 2.29. The van der Waals surface area contributed by atoms with Crippen molar-refractivity contribution in [3.05, 3.63) is 65.5 Å². The summed E-state index contributed by atoms with van der Waals surface area (Å²) >= 11 is 0. The summed E-state index contributed by atoms with van der Waals surface area (Å²) in [6.45, 7) is 1.98. The van der Waals surface area contributed by atoms with Gasteiger partial charge in [0.25, 0.3) is 0 Å². The van der Waals surface area contributed by atoms with Crippen molar-refractivity contribution in [1.29, 1.82) is 0 Å². The number of hydrogen-bond acceptors (Lipinski definition) is 7. The number of anilines is 1. The lowest BCUT2D eigenvalue weighted by molar-refractivity contribution is -0.131. The zero-order valence-electron chi connectivity index (χ0n) is 19.0. The van der Waals surface area contributed by atoms with Crippen LogP contribution >= 0.6 is 0 Å². The number of nitrogens with zero attached hydrogens (tertiary/aromatic N) is 4. The number of likely N-dealkylation sites (N-methyl/N-ethyl adjacent to an activating group) is 1. The second-order valence-electron chi connectivity index (χ2n) is 8.99. The largest absolute Gasteiger partial charge is 0.423 e. The van der Waals surface area contributed by atoms with E-state index in [0.29, 0.717) is 25.4 Å². The second kappa shape index (κ2) is 9.36. The number of nitrogens with one attached hydrogen (secondary N) is 1. The molecule has 1 saturated heterocycles. The average molecular weight is 462 g/mol. The maximum atomic E-state index is 13.4. The number of aliphatic hydroxyl groups is 1. The molecular weight excluding hydrogens is 434 g/mol. The van der Waals surface area contributed by atoms with Crippen molar-refractivity contribution < 1.29 is 19.1 Å². The minimum absolute atomic E-state index is 0.0235.